The van der Waals surface area contributed by atoms with E-state index in [1.54, 1.807) is 36.0 Å². The molecule has 0 bridgehead atoms. The summed E-state index contributed by atoms with van der Waals surface area (Å²) in [5.41, 5.74) is 0.571. The average Bonchev–Trinajstić information content (AvgIpc) is 2.72. The van der Waals surface area contributed by atoms with Gasteiger partial charge in [-0.3, -0.25) is 4.79 Å². The van der Waals surface area contributed by atoms with Gasteiger partial charge in [-0.1, -0.05) is 6.07 Å². The van der Waals surface area contributed by atoms with Crippen LogP contribution in [0, 0.1) is 5.82 Å². The highest BCUT2D eigenvalue weighted by atomic mass is 19.1. The minimum atomic E-state index is -0.381. The van der Waals surface area contributed by atoms with Crippen molar-refractivity contribution in [1.82, 2.24) is 4.57 Å². The fraction of sp³-hybridized carbons (Fsp3) is 0.154. The molecule has 0 unspecified atom stereocenters. The molecule has 0 N–H and O–H groups in total. The van der Waals surface area contributed by atoms with Crippen molar-refractivity contribution < 1.29 is 13.9 Å². The third-order valence-corrected chi connectivity index (χ3v) is 2.40. The van der Waals surface area contributed by atoms with Crippen molar-refractivity contribution in [3.05, 3.63) is 54.1 Å². The SMILES string of the molecule is Cn1cccc1C(=O)COc1cccc(F)c1. The molecule has 0 radical (unpaired) electrons. The van der Waals surface area contributed by atoms with E-state index in [0.717, 1.165) is 0 Å². The molecule has 88 valence electrons. The topological polar surface area (TPSA) is 31.2 Å². The first-order chi connectivity index (χ1) is 8.16. The van der Waals surface area contributed by atoms with Gasteiger partial charge in [0, 0.05) is 19.3 Å². The highest BCUT2D eigenvalue weighted by molar-refractivity contribution is 5.95. The number of ether oxygens (including phenoxy) is 1. The number of benzene rings is 1. The van der Waals surface area contributed by atoms with Crippen LogP contribution < -0.4 is 4.74 Å². The second-order valence-corrected chi connectivity index (χ2v) is 3.67. The van der Waals surface area contributed by atoms with Crippen molar-refractivity contribution in [2.45, 2.75) is 0 Å². The van der Waals surface area contributed by atoms with Crippen LogP contribution in [0.5, 0.6) is 5.75 Å². The number of hydrogen-bond donors (Lipinski definition) is 0. The number of aromatic nitrogens is 1. The van der Waals surface area contributed by atoms with Crippen molar-refractivity contribution >= 4 is 5.78 Å². The molecular weight excluding hydrogens is 221 g/mol. The van der Waals surface area contributed by atoms with Gasteiger partial charge in [0.1, 0.15) is 11.6 Å². The maximum atomic E-state index is 12.9. The summed E-state index contributed by atoms with van der Waals surface area (Å²) in [5, 5.41) is 0. The van der Waals surface area contributed by atoms with Crippen molar-refractivity contribution in [2.24, 2.45) is 7.05 Å². The third kappa shape index (κ3) is 2.72. The summed E-state index contributed by atoms with van der Waals surface area (Å²) in [6, 6.07) is 9.23. The van der Waals surface area contributed by atoms with Crippen LogP contribution in [0.3, 0.4) is 0 Å². The molecule has 3 nitrogen and oxygen atoms in total. The van der Waals surface area contributed by atoms with Crippen LogP contribution in [0.1, 0.15) is 10.5 Å². The van der Waals surface area contributed by atoms with E-state index in [9.17, 15) is 9.18 Å². The first-order valence-electron chi connectivity index (χ1n) is 5.20. The quantitative estimate of drug-likeness (QED) is 0.759. The zero-order chi connectivity index (χ0) is 12.3. The van der Waals surface area contributed by atoms with E-state index in [0.29, 0.717) is 11.4 Å². The van der Waals surface area contributed by atoms with Crippen LogP contribution in [-0.4, -0.2) is 17.0 Å². The van der Waals surface area contributed by atoms with E-state index < -0.39 is 0 Å². The maximum absolute atomic E-state index is 12.9. The minimum absolute atomic E-state index is 0.0959. The van der Waals surface area contributed by atoms with E-state index >= 15 is 0 Å². The Morgan fingerprint density at radius 1 is 1.35 bits per heavy atom. The smallest absolute Gasteiger partial charge is 0.216 e. The molecule has 0 aliphatic carbocycles. The Hall–Kier alpha value is -2.10. The number of carbonyl (C=O) groups excluding carboxylic acids is 1. The maximum Gasteiger partial charge on any atom is 0.216 e. The highest BCUT2D eigenvalue weighted by Gasteiger charge is 2.09. The lowest BCUT2D eigenvalue weighted by molar-refractivity contribution is 0.0913. The van der Waals surface area contributed by atoms with Crippen molar-refractivity contribution in [2.75, 3.05) is 6.61 Å². The Bertz CT molecular complexity index is 534. The highest BCUT2D eigenvalue weighted by Crippen LogP contribution is 2.12. The van der Waals surface area contributed by atoms with Crippen LogP contribution in [0.4, 0.5) is 4.39 Å². The molecule has 1 aromatic heterocycles. The largest absolute Gasteiger partial charge is 0.485 e. The number of hydrogen-bond acceptors (Lipinski definition) is 2. The number of aryl methyl sites for hydroxylation is 1. The fourth-order valence-electron chi connectivity index (χ4n) is 1.53. The van der Waals surface area contributed by atoms with Crippen molar-refractivity contribution in [3.63, 3.8) is 0 Å². The Kier molecular flexibility index (Phi) is 3.23. The van der Waals surface area contributed by atoms with Crippen molar-refractivity contribution in [3.8, 4) is 5.75 Å². The number of halogens is 1. The second-order valence-electron chi connectivity index (χ2n) is 3.67. The molecule has 0 amide bonds. The van der Waals surface area contributed by atoms with E-state index in [1.807, 2.05) is 0 Å². The van der Waals surface area contributed by atoms with Crippen LogP contribution in [0.2, 0.25) is 0 Å². The van der Waals surface area contributed by atoms with Gasteiger partial charge < -0.3 is 9.30 Å². The van der Waals surface area contributed by atoms with E-state index in [2.05, 4.69) is 0 Å². The lowest BCUT2D eigenvalue weighted by atomic mass is 10.3. The molecule has 1 aromatic carbocycles. The predicted octanol–water partition coefficient (Wildman–Crippen LogP) is 2.43. The second kappa shape index (κ2) is 4.82. The lowest BCUT2D eigenvalue weighted by Crippen LogP contribution is -2.14. The van der Waals surface area contributed by atoms with Crippen molar-refractivity contribution in [1.29, 1.82) is 0 Å². The summed E-state index contributed by atoms with van der Waals surface area (Å²) in [5.74, 6) is -0.164. The third-order valence-electron chi connectivity index (χ3n) is 2.40. The molecule has 0 aliphatic heterocycles. The minimum Gasteiger partial charge on any atom is -0.485 e. The molecule has 0 fully saturated rings. The number of carbonyl (C=O) groups is 1. The molecule has 0 aliphatic rings. The summed E-state index contributed by atoms with van der Waals surface area (Å²) in [6.45, 7) is -0.0959. The average molecular weight is 233 g/mol. The van der Waals surface area contributed by atoms with Gasteiger partial charge in [-0.25, -0.2) is 4.39 Å². The summed E-state index contributed by atoms with van der Waals surface area (Å²) in [6.07, 6.45) is 1.79. The number of rotatable bonds is 4. The molecule has 17 heavy (non-hydrogen) atoms. The van der Waals surface area contributed by atoms with Gasteiger partial charge in [0.25, 0.3) is 0 Å². The van der Waals surface area contributed by atoms with Crippen LogP contribution in [0.15, 0.2) is 42.6 Å². The van der Waals surface area contributed by atoms with E-state index in [1.165, 1.54) is 18.2 Å². The summed E-state index contributed by atoms with van der Waals surface area (Å²) in [4.78, 5) is 11.7. The van der Waals surface area contributed by atoms with Crippen LogP contribution in [0.25, 0.3) is 0 Å². The Morgan fingerprint density at radius 3 is 2.82 bits per heavy atom. The zero-order valence-electron chi connectivity index (χ0n) is 9.39. The molecule has 0 atom stereocenters. The Labute approximate surface area is 98.4 Å². The predicted molar refractivity (Wildman–Crippen MR) is 61.6 cm³/mol. The van der Waals surface area contributed by atoms with Gasteiger partial charge in [-0.15, -0.1) is 0 Å². The molecule has 2 aromatic rings. The van der Waals surface area contributed by atoms with Crippen LogP contribution >= 0.6 is 0 Å². The first-order valence-corrected chi connectivity index (χ1v) is 5.20. The number of nitrogens with zero attached hydrogens (tertiary/aromatic N) is 1. The summed E-state index contributed by atoms with van der Waals surface area (Å²) in [7, 11) is 1.79. The Balaban J connectivity index is 1.99. The Morgan fingerprint density at radius 2 is 2.18 bits per heavy atom. The molecule has 4 heteroatoms. The molecule has 0 spiro atoms. The molecule has 0 saturated carbocycles. The standard InChI is InChI=1S/C13H12FNO2/c1-15-7-3-6-12(15)13(16)9-17-11-5-2-4-10(14)8-11/h2-8H,9H2,1H3. The monoisotopic (exact) mass is 233 g/mol. The van der Waals surface area contributed by atoms with E-state index in [-0.39, 0.29) is 18.2 Å². The number of ketones is 1. The molecule has 0 saturated heterocycles. The molecule has 1 heterocycles. The summed E-state index contributed by atoms with van der Waals surface area (Å²) >= 11 is 0. The van der Waals surface area contributed by atoms with Gasteiger partial charge in [0.05, 0.1) is 5.69 Å². The zero-order valence-corrected chi connectivity index (χ0v) is 9.39. The molecule has 2 rings (SSSR count). The van der Waals surface area contributed by atoms with Crippen LogP contribution in [-0.2, 0) is 7.05 Å². The molecular formula is C13H12FNO2. The number of Topliss-reactive ketones (excluding diaryl/α,β-unsaturated/α-hetero) is 1. The van der Waals surface area contributed by atoms with Gasteiger partial charge in [0.2, 0.25) is 5.78 Å². The summed E-state index contributed by atoms with van der Waals surface area (Å²) < 4.78 is 19.8. The lowest BCUT2D eigenvalue weighted by Gasteiger charge is -2.06. The van der Waals surface area contributed by atoms with Gasteiger partial charge >= 0.3 is 0 Å². The van der Waals surface area contributed by atoms with E-state index in [4.69, 9.17) is 4.74 Å². The van der Waals surface area contributed by atoms with Gasteiger partial charge in [0.15, 0.2) is 6.61 Å². The normalized spacial score (nSPS) is 10.2. The van der Waals surface area contributed by atoms with Gasteiger partial charge in [-0.05, 0) is 24.3 Å². The van der Waals surface area contributed by atoms with Gasteiger partial charge in [-0.2, -0.15) is 0 Å². The fourth-order valence-corrected chi connectivity index (χ4v) is 1.53. The first kappa shape index (κ1) is 11.4.